The molecule has 0 aliphatic heterocycles. The van der Waals surface area contributed by atoms with Crippen LogP contribution in [0.15, 0.2) is 42.7 Å². The second-order valence-corrected chi connectivity index (χ2v) is 6.68. The average molecular weight is 379 g/mol. The lowest BCUT2D eigenvalue weighted by Gasteiger charge is -2.13. The Morgan fingerprint density at radius 2 is 1.82 bits per heavy atom. The van der Waals surface area contributed by atoms with Gasteiger partial charge in [0.2, 0.25) is 11.8 Å². The van der Waals surface area contributed by atoms with Gasteiger partial charge in [-0.2, -0.15) is 5.10 Å². The van der Waals surface area contributed by atoms with Gasteiger partial charge >= 0.3 is 0 Å². The summed E-state index contributed by atoms with van der Waals surface area (Å²) in [5.41, 5.74) is 2.65. The van der Waals surface area contributed by atoms with Gasteiger partial charge in [0.1, 0.15) is 12.1 Å². The van der Waals surface area contributed by atoms with E-state index in [0.717, 1.165) is 29.9 Å². The summed E-state index contributed by atoms with van der Waals surface area (Å²) in [4.78, 5) is 20.6. The molecule has 0 unspecified atom stereocenters. The summed E-state index contributed by atoms with van der Waals surface area (Å²) in [7, 11) is 0. The molecule has 3 aromatic rings. The molecule has 0 radical (unpaired) electrons. The SMILES string of the molecule is CCC(CC)C(=O)Nc1ccc(Oc2cc(-n3nc(C)cc3C)ncn2)cc1. The third kappa shape index (κ3) is 4.54. The van der Waals surface area contributed by atoms with Gasteiger partial charge in [-0.05, 0) is 57.0 Å². The molecule has 7 heteroatoms. The van der Waals surface area contributed by atoms with Gasteiger partial charge in [0.15, 0.2) is 5.82 Å². The number of carbonyl (C=O) groups is 1. The molecule has 0 saturated carbocycles. The topological polar surface area (TPSA) is 81.9 Å². The second kappa shape index (κ2) is 8.65. The number of rotatable bonds is 7. The zero-order valence-electron chi connectivity index (χ0n) is 16.6. The molecule has 2 heterocycles. The van der Waals surface area contributed by atoms with Crippen LogP contribution in [0.5, 0.6) is 11.6 Å². The highest BCUT2D eigenvalue weighted by Gasteiger charge is 2.14. The van der Waals surface area contributed by atoms with Crippen LogP contribution >= 0.6 is 0 Å². The van der Waals surface area contributed by atoms with Gasteiger partial charge in [-0.15, -0.1) is 0 Å². The summed E-state index contributed by atoms with van der Waals surface area (Å²) in [5, 5.41) is 7.37. The fraction of sp³-hybridized carbons (Fsp3) is 0.333. The maximum Gasteiger partial charge on any atom is 0.227 e. The van der Waals surface area contributed by atoms with Crippen LogP contribution in [0.1, 0.15) is 38.1 Å². The van der Waals surface area contributed by atoms with E-state index in [-0.39, 0.29) is 11.8 Å². The first-order chi connectivity index (χ1) is 13.5. The minimum absolute atomic E-state index is 0.0322. The predicted octanol–water partition coefficient (Wildman–Crippen LogP) is 4.45. The zero-order valence-corrected chi connectivity index (χ0v) is 16.6. The summed E-state index contributed by atoms with van der Waals surface area (Å²) < 4.78 is 7.58. The van der Waals surface area contributed by atoms with Crippen molar-refractivity contribution < 1.29 is 9.53 Å². The van der Waals surface area contributed by atoms with Crippen LogP contribution in [0.4, 0.5) is 5.69 Å². The lowest BCUT2D eigenvalue weighted by molar-refractivity contribution is -0.120. The maximum absolute atomic E-state index is 12.2. The van der Waals surface area contributed by atoms with Crippen molar-refractivity contribution in [3.8, 4) is 17.4 Å². The number of hydrogen-bond acceptors (Lipinski definition) is 5. The molecule has 1 aromatic carbocycles. The smallest absolute Gasteiger partial charge is 0.227 e. The highest BCUT2D eigenvalue weighted by molar-refractivity contribution is 5.92. The number of ether oxygens (including phenoxy) is 1. The first-order valence-corrected chi connectivity index (χ1v) is 9.44. The summed E-state index contributed by atoms with van der Waals surface area (Å²) in [6, 6.07) is 11.0. The number of benzene rings is 1. The molecule has 0 fully saturated rings. The van der Waals surface area contributed by atoms with Crippen LogP contribution in [0, 0.1) is 19.8 Å². The first-order valence-electron chi connectivity index (χ1n) is 9.44. The second-order valence-electron chi connectivity index (χ2n) is 6.68. The largest absolute Gasteiger partial charge is 0.439 e. The maximum atomic E-state index is 12.2. The summed E-state index contributed by atoms with van der Waals surface area (Å²) >= 11 is 0. The number of anilines is 1. The Morgan fingerprint density at radius 3 is 2.43 bits per heavy atom. The standard InChI is InChI=1S/C21H25N5O2/c1-5-16(6-2)21(27)24-17-7-9-18(10-8-17)28-20-12-19(22-13-23-20)26-15(4)11-14(3)25-26/h7-13,16H,5-6H2,1-4H3,(H,24,27). The van der Waals surface area contributed by atoms with Crippen molar-refractivity contribution in [1.29, 1.82) is 0 Å². The molecular weight excluding hydrogens is 354 g/mol. The third-order valence-corrected chi connectivity index (χ3v) is 4.55. The van der Waals surface area contributed by atoms with E-state index in [9.17, 15) is 4.79 Å². The molecule has 0 aliphatic rings. The number of nitrogens with one attached hydrogen (secondary N) is 1. The fourth-order valence-electron chi connectivity index (χ4n) is 2.99. The molecule has 0 spiro atoms. The van der Waals surface area contributed by atoms with Crippen molar-refractivity contribution in [2.75, 3.05) is 5.32 Å². The highest BCUT2D eigenvalue weighted by atomic mass is 16.5. The Morgan fingerprint density at radius 1 is 1.11 bits per heavy atom. The molecular formula is C21H25N5O2. The summed E-state index contributed by atoms with van der Waals surface area (Å²) in [6.07, 6.45) is 3.11. The van der Waals surface area contributed by atoms with E-state index in [1.54, 1.807) is 22.9 Å². The Hall–Kier alpha value is -3.22. The molecule has 3 rings (SSSR count). The van der Waals surface area contributed by atoms with Crippen molar-refractivity contribution in [3.63, 3.8) is 0 Å². The lowest BCUT2D eigenvalue weighted by atomic mass is 10.0. The number of nitrogens with zero attached hydrogens (tertiary/aromatic N) is 4. The molecule has 0 bridgehead atoms. The normalized spacial score (nSPS) is 10.9. The van der Waals surface area contributed by atoms with Gasteiger partial charge in [-0.3, -0.25) is 4.79 Å². The van der Waals surface area contributed by atoms with E-state index in [1.165, 1.54) is 6.33 Å². The molecule has 146 valence electrons. The van der Waals surface area contributed by atoms with Crippen molar-refractivity contribution in [3.05, 3.63) is 54.1 Å². The molecule has 7 nitrogen and oxygen atoms in total. The minimum atomic E-state index is 0.0322. The van der Waals surface area contributed by atoms with E-state index in [2.05, 4.69) is 20.4 Å². The average Bonchev–Trinajstić information content (AvgIpc) is 3.03. The van der Waals surface area contributed by atoms with Gasteiger partial charge < -0.3 is 10.1 Å². The number of carbonyl (C=O) groups excluding carboxylic acids is 1. The van der Waals surface area contributed by atoms with E-state index < -0.39 is 0 Å². The molecule has 28 heavy (non-hydrogen) atoms. The Bertz CT molecular complexity index is 946. The molecule has 1 amide bonds. The van der Waals surface area contributed by atoms with Gasteiger partial charge in [0.25, 0.3) is 0 Å². The lowest BCUT2D eigenvalue weighted by Crippen LogP contribution is -2.21. The number of aromatic nitrogens is 4. The van der Waals surface area contributed by atoms with E-state index in [0.29, 0.717) is 17.4 Å². The molecule has 0 atom stereocenters. The van der Waals surface area contributed by atoms with Crippen LogP contribution in [0.2, 0.25) is 0 Å². The van der Waals surface area contributed by atoms with Crippen molar-refractivity contribution >= 4 is 11.6 Å². The molecule has 0 aliphatic carbocycles. The Labute approximate surface area is 164 Å². The minimum Gasteiger partial charge on any atom is -0.439 e. The number of hydrogen-bond donors (Lipinski definition) is 1. The van der Waals surface area contributed by atoms with Gasteiger partial charge in [0, 0.05) is 23.4 Å². The van der Waals surface area contributed by atoms with Crippen molar-refractivity contribution in [1.82, 2.24) is 19.7 Å². The Kier molecular flexibility index (Phi) is 6.03. The van der Waals surface area contributed by atoms with Crippen molar-refractivity contribution in [2.24, 2.45) is 5.92 Å². The molecule has 0 saturated heterocycles. The Balaban J connectivity index is 1.70. The van der Waals surface area contributed by atoms with E-state index in [4.69, 9.17) is 4.74 Å². The van der Waals surface area contributed by atoms with Gasteiger partial charge in [-0.25, -0.2) is 14.6 Å². The number of aryl methyl sites for hydroxylation is 2. The summed E-state index contributed by atoms with van der Waals surface area (Å²) in [6.45, 7) is 7.95. The zero-order chi connectivity index (χ0) is 20.1. The van der Waals surface area contributed by atoms with Crippen LogP contribution in [-0.4, -0.2) is 25.7 Å². The first kappa shape index (κ1) is 19.5. The van der Waals surface area contributed by atoms with Gasteiger partial charge in [0.05, 0.1) is 5.69 Å². The number of amides is 1. The highest BCUT2D eigenvalue weighted by Crippen LogP contribution is 2.23. The van der Waals surface area contributed by atoms with Crippen LogP contribution in [0.25, 0.3) is 5.82 Å². The van der Waals surface area contributed by atoms with Crippen LogP contribution in [-0.2, 0) is 4.79 Å². The van der Waals surface area contributed by atoms with Crippen LogP contribution in [0.3, 0.4) is 0 Å². The van der Waals surface area contributed by atoms with E-state index >= 15 is 0 Å². The van der Waals surface area contributed by atoms with Crippen molar-refractivity contribution in [2.45, 2.75) is 40.5 Å². The molecule has 2 aromatic heterocycles. The van der Waals surface area contributed by atoms with Crippen LogP contribution < -0.4 is 10.1 Å². The predicted molar refractivity (Wildman–Crippen MR) is 108 cm³/mol. The molecule has 1 N–H and O–H groups in total. The van der Waals surface area contributed by atoms with Gasteiger partial charge in [-0.1, -0.05) is 13.8 Å². The fourth-order valence-corrected chi connectivity index (χ4v) is 2.99. The quantitative estimate of drug-likeness (QED) is 0.656. The third-order valence-electron chi connectivity index (χ3n) is 4.55. The monoisotopic (exact) mass is 379 g/mol. The summed E-state index contributed by atoms with van der Waals surface area (Å²) in [5.74, 6) is 1.77. The van der Waals surface area contributed by atoms with E-state index in [1.807, 2.05) is 45.9 Å².